The Morgan fingerprint density at radius 1 is 1.19 bits per heavy atom. The van der Waals surface area contributed by atoms with Crippen LogP contribution in [0.15, 0.2) is 0 Å². The van der Waals surface area contributed by atoms with Crippen molar-refractivity contribution in [3.8, 4) is 0 Å². The second-order valence-electron chi connectivity index (χ2n) is 3.89. The molecule has 0 spiro atoms. The van der Waals surface area contributed by atoms with E-state index >= 15 is 0 Å². The molecular formula is C10H17N5O. The minimum atomic E-state index is 0.266. The summed E-state index contributed by atoms with van der Waals surface area (Å²) in [4.78, 5) is 14.7. The quantitative estimate of drug-likeness (QED) is 0.808. The van der Waals surface area contributed by atoms with Crippen LogP contribution in [0.25, 0.3) is 0 Å². The van der Waals surface area contributed by atoms with Gasteiger partial charge in [0.25, 0.3) is 0 Å². The number of hydrogen-bond donors (Lipinski definition) is 1. The van der Waals surface area contributed by atoms with Crippen molar-refractivity contribution in [1.82, 2.24) is 15.0 Å². The van der Waals surface area contributed by atoms with E-state index in [1.54, 1.807) is 7.11 Å². The summed E-state index contributed by atoms with van der Waals surface area (Å²) in [5, 5.41) is 0. The Labute approximate surface area is 94.9 Å². The van der Waals surface area contributed by atoms with E-state index in [1.807, 2.05) is 0 Å². The highest BCUT2D eigenvalue weighted by molar-refractivity contribution is 5.34. The monoisotopic (exact) mass is 223 g/mol. The number of nitrogen functional groups attached to an aromatic ring is 1. The number of nitrogens with two attached hydrogens (primary N) is 1. The van der Waals surface area contributed by atoms with Crippen molar-refractivity contribution < 1.29 is 4.74 Å². The van der Waals surface area contributed by atoms with Crippen molar-refractivity contribution in [2.75, 3.05) is 30.8 Å². The van der Waals surface area contributed by atoms with E-state index in [0.29, 0.717) is 18.4 Å². The van der Waals surface area contributed by atoms with Gasteiger partial charge in [-0.2, -0.15) is 15.0 Å². The van der Waals surface area contributed by atoms with Gasteiger partial charge in [0.2, 0.25) is 11.9 Å². The van der Waals surface area contributed by atoms with Gasteiger partial charge < -0.3 is 15.4 Å². The lowest BCUT2D eigenvalue weighted by atomic mass is 10.1. The summed E-state index contributed by atoms with van der Waals surface area (Å²) in [6, 6.07) is 0. The lowest BCUT2D eigenvalue weighted by Gasteiger charge is -2.26. The lowest BCUT2D eigenvalue weighted by Crippen LogP contribution is -2.31. The summed E-state index contributed by atoms with van der Waals surface area (Å²) >= 11 is 0. The fraction of sp³-hybridized carbons (Fsp3) is 0.700. The van der Waals surface area contributed by atoms with E-state index in [2.05, 4.69) is 19.9 Å². The van der Waals surface area contributed by atoms with Crippen molar-refractivity contribution in [3.05, 3.63) is 5.82 Å². The molecular weight excluding hydrogens is 206 g/mol. The first-order chi connectivity index (χ1) is 7.79. The standard InChI is InChI=1S/C10H17N5O/c1-16-7-8-12-9(11)14-10(13-8)15-5-3-2-4-6-15/h2-7H2,1H3,(H2,11,12,13,14). The Morgan fingerprint density at radius 2 is 1.94 bits per heavy atom. The number of piperidine rings is 1. The maximum absolute atomic E-state index is 5.65. The van der Waals surface area contributed by atoms with Gasteiger partial charge in [0.15, 0.2) is 5.82 Å². The fourth-order valence-electron chi connectivity index (χ4n) is 1.85. The van der Waals surface area contributed by atoms with Gasteiger partial charge in [-0.3, -0.25) is 0 Å². The zero-order chi connectivity index (χ0) is 11.4. The normalized spacial score (nSPS) is 16.4. The van der Waals surface area contributed by atoms with Crippen LogP contribution in [0, 0.1) is 0 Å². The lowest BCUT2D eigenvalue weighted by molar-refractivity contribution is 0.177. The third-order valence-electron chi connectivity index (χ3n) is 2.60. The number of aromatic nitrogens is 3. The summed E-state index contributed by atoms with van der Waals surface area (Å²) in [7, 11) is 1.61. The van der Waals surface area contributed by atoms with E-state index in [1.165, 1.54) is 19.3 Å². The third-order valence-corrected chi connectivity index (χ3v) is 2.60. The maximum atomic E-state index is 5.65. The molecule has 2 heterocycles. The second kappa shape index (κ2) is 5.07. The average molecular weight is 223 g/mol. The maximum Gasteiger partial charge on any atom is 0.230 e. The number of rotatable bonds is 3. The van der Waals surface area contributed by atoms with Crippen LogP contribution in [0.5, 0.6) is 0 Å². The molecule has 6 nitrogen and oxygen atoms in total. The molecule has 1 aromatic heterocycles. The van der Waals surface area contributed by atoms with Crippen LogP contribution >= 0.6 is 0 Å². The topological polar surface area (TPSA) is 77.2 Å². The van der Waals surface area contributed by atoms with Crippen LogP contribution in [-0.2, 0) is 11.3 Å². The van der Waals surface area contributed by atoms with Gasteiger partial charge in [-0.1, -0.05) is 0 Å². The summed E-state index contributed by atoms with van der Waals surface area (Å²) < 4.78 is 5.00. The Balaban J connectivity index is 2.18. The molecule has 1 aliphatic rings. The summed E-state index contributed by atoms with van der Waals surface area (Å²) in [6.45, 7) is 2.36. The Kier molecular flexibility index (Phi) is 3.51. The molecule has 0 aromatic carbocycles. The molecule has 0 unspecified atom stereocenters. The van der Waals surface area contributed by atoms with E-state index < -0.39 is 0 Å². The van der Waals surface area contributed by atoms with Crippen molar-refractivity contribution in [1.29, 1.82) is 0 Å². The number of ether oxygens (including phenoxy) is 1. The average Bonchev–Trinajstić information content (AvgIpc) is 2.30. The van der Waals surface area contributed by atoms with Gasteiger partial charge in [-0.05, 0) is 19.3 Å². The molecule has 0 radical (unpaired) electrons. The summed E-state index contributed by atoms with van der Waals surface area (Å²) in [5.74, 6) is 1.54. The number of hydrogen-bond acceptors (Lipinski definition) is 6. The first kappa shape index (κ1) is 11.1. The zero-order valence-corrected chi connectivity index (χ0v) is 9.52. The van der Waals surface area contributed by atoms with E-state index in [4.69, 9.17) is 10.5 Å². The molecule has 16 heavy (non-hydrogen) atoms. The molecule has 1 saturated heterocycles. The van der Waals surface area contributed by atoms with Gasteiger partial charge in [0, 0.05) is 20.2 Å². The minimum absolute atomic E-state index is 0.266. The third kappa shape index (κ3) is 2.57. The second-order valence-corrected chi connectivity index (χ2v) is 3.89. The molecule has 1 fully saturated rings. The van der Waals surface area contributed by atoms with Crippen LogP contribution in [-0.4, -0.2) is 35.2 Å². The SMILES string of the molecule is COCc1nc(N)nc(N2CCCCC2)n1. The Hall–Kier alpha value is -1.43. The van der Waals surface area contributed by atoms with E-state index in [-0.39, 0.29) is 5.95 Å². The first-order valence-corrected chi connectivity index (χ1v) is 5.54. The van der Waals surface area contributed by atoms with Gasteiger partial charge >= 0.3 is 0 Å². The molecule has 0 aliphatic carbocycles. The summed E-state index contributed by atoms with van der Waals surface area (Å²) in [5.41, 5.74) is 5.65. The van der Waals surface area contributed by atoms with Crippen LogP contribution in [0.4, 0.5) is 11.9 Å². The largest absolute Gasteiger partial charge is 0.377 e. The molecule has 0 saturated carbocycles. The van der Waals surface area contributed by atoms with Crippen molar-refractivity contribution in [2.24, 2.45) is 0 Å². The first-order valence-electron chi connectivity index (χ1n) is 5.54. The molecule has 2 N–H and O–H groups in total. The molecule has 0 bridgehead atoms. The number of anilines is 2. The highest BCUT2D eigenvalue weighted by atomic mass is 16.5. The molecule has 88 valence electrons. The smallest absolute Gasteiger partial charge is 0.230 e. The summed E-state index contributed by atoms with van der Waals surface area (Å²) in [6.07, 6.45) is 3.65. The molecule has 6 heteroatoms. The number of methoxy groups -OCH3 is 1. The highest BCUT2D eigenvalue weighted by Crippen LogP contribution is 2.16. The molecule has 0 amide bonds. The van der Waals surface area contributed by atoms with Crippen molar-refractivity contribution >= 4 is 11.9 Å². The number of nitrogens with zero attached hydrogens (tertiary/aromatic N) is 4. The molecule has 0 atom stereocenters. The highest BCUT2D eigenvalue weighted by Gasteiger charge is 2.15. The zero-order valence-electron chi connectivity index (χ0n) is 9.52. The Bertz CT molecular complexity index is 351. The molecule has 1 aliphatic heterocycles. The van der Waals surface area contributed by atoms with Gasteiger partial charge in [-0.15, -0.1) is 0 Å². The van der Waals surface area contributed by atoms with Gasteiger partial charge in [0.1, 0.15) is 6.61 Å². The van der Waals surface area contributed by atoms with Crippen LogP contribution < -0.4 is 10.6 Å². The van der Waals surface area contributed by atoms with Gasteiger partial charge in [-0.25, -0.2) is 0 Å². The molecule has 1 aromatic rings. The Morgan fingerprint density at radius 3 is 2.62 bits per heavy atom. The van der Waals surface area contributed by atoms with E-state index in [9.17, 15) is 0 Å². The molecule has 2 rings (SSSR count). The fourth-order valence-corrected chi connectivity index (χ4v) is 1.85. The predicted octanol–water partition coefficient (Wildman–Crippen LogP) is 0.590. The van der Waals surface area contributed by atoms with Crippen molar-refractivity contribution in [3.63, 3.8) is 0 Å². The van der Waals surface area contributed by atoms with Crippen LogP contribution in [0.2, 0.25) is 0 Å². The van der Waals surface area contributed by atoms with Crippen LogP contribution in [0.1, 0.15) is 25.1 Å². The predicted molar refractivity (Wildman–Crippen MR) is 61.0 cm³/mol. The minimum Gasteiger partial charge on any atom is -0.377 e. The van der Waals surface area contributed by atoms with E-state index in [0.717, 1.165) is 13.1 Å². The van der Waals surface area contributed by atoms with Crippen molar-refractivity contribution in [2.45, 2.75) is 25.9 Å². The van der Waals surface area contributed by atoms with Gasteiger partial charge in [0.05, 0.1) is 0 Å². The van der Waals surface area contributed by atoms with Crippen LogP contribution in [0.3, 0.4) is 0 Å².